The summed E-state index contributed by atoms with van der Waals surface area (Å²) < 4.78 is 13.5. The average Bonchev–Trinajstić information content (AvgIpc) is 3.51. The summed E-state index contributed by atoms with van der Waals surface area (Å²) in [4.78, 5) is 15.4. The molecule has 4 N–H and O–H groups in total. The lowest BCUT2D eigenvalue weighted by molar-refractivity contribution is -0.276. The summed E-state index contributed by atoms with van der Waals surface area (Å²) in [5.41, 5.74) is 6.08. The van der Waals surface area contributed by atoms with Crippen LogP contribution in [0.2, 0.25) is 0 Å². The number of ether oxygens (including phenoxy) is 2. The van der Waals surface area contributed by atoms with E-state index in [9.17, 15) is 15.0 Å². The van der Waals surface area contributed by atoms with Gasteiger partial charge in [0.05, 0.1) is 24.9 Å². The molecule has 6 aliphatic rings. The molecule has 4 aliphatic carbocycles. The normalized spacial score (nSPS) is 33.9. The first kappa shape index (κ1) is 32.9. The molecule has 0 radical (unpaired) electrons. The molecule has 0 unspecified atom stereocenters. The van der Waals surface area contributed by atoms with Crippen LogP contribution in [-0.4, -0.2) is 58.5 Å². The lowest BCUT2D eigenvalue weighted by Gasteiger charge is -2.56. The highest BCUT2D eigenvalue weighted by Crippen LogP contribution is 2.55. The Morgan fingerprint density at radius 2 is 1.57 bits per heavy atom. The number of β-amino-alcohol motifs (C(OH)–C–C–N with tert-alkyl or cyclic N) is 1. The monoisotopic (exact) mass is 665 g/mol. The van der Waals surface area contributed by atoms with Gasteiger partial charge in [-0.15, -0.1) is 0 Å². The number of carbonyl (C=O) groups excluding carboxylic acids is 1. The van der Waals surface area contributed by atoms with Crippen LogP contribution < -0.4 is 10.6 Å². The molecule has 260 valence electrons. The van der Waals surface area contributed by atoms with Crippen molar-refractivity contribution in [2.24, 2.45) is 23.7 Å². The number of hydrogen-bond donors (Lipinski definition) is 4. The van der Waals surface area contributed by atoms with Crippen LogP contribution in [0.5, 0.6) is 0 Å². The number of aliphatic hydroxyl groups excluding tert-OH is 2. The zero-order chi connectivity index (χ0) is 33.5. The van der Waals surface area contributed by atoms with Crippen molar-refractivity contribution in [1.82, 2.24) is 15.5 Å². The minimum Gasteiger partial charge on any atom is -0.392 e. The molecule has 0 aromatic heterocycles. The van der Waals surface area contributed by atoms with Gasteiger partial charge in [-0.2, -0.15) is 0 Å². The van der Waals surface area contributed by atoms with Crippen LogP contribution in [0.4, 0.5) is 4.79 Å². The molecule has 49 heavy (non-hydrogen) atoms. The zero-order valence-electron chi connectivity index (χ0n) is 28.6. The smallest absolute Gasteiger partial charge is 0.315 e. The fourth-order valence-corrected chi connectivity index (χ4v) is 10.0. The molecule has 2 aliphatic heterocycles. The number of carbonyl (C=O) groups is 1. The molecule has 5 atom stereocenters. The lowest BCUT2D eigenvalue weighted by Crippen LogP contribution is -2.61. The Kier molecular flexibility index (Phi) is 9.27. The van der Waals surface area contributed by atoms with Gasteiger partial charge in [0.25, 0.3) is 0 Å². The first-order valence-corrected chi connectivity index (χ1v) is 18.5. The molecular weight excluding hydrogens is 614 g/mol. The lowest BCUT2D eigenvalue weighted by atomic mass is 9.53. The maximum atomic E-state index is 13.1. The molecular formula is C41H51N3O5. The Bertz CT molecular complexity index is 1590. The SMILES string of the molecule is C[C@H]1[C@@H](CN2CC[C@H](O)C2)O[C@@H](c2cccc(-c3cccc(CNC(=O)NC45CC6CC(CC(C6)C4)C5)c3)c2)O[C@H]1c1ccc(CO)cc1. The van der Waals surface area contributed by atoms with Gasteiger partial charge in [-0.25, -0.2) is 4.79 Å². The van der Waals surface area contributed by atoms with Gasteiger partial charge in [-0.1, -0.05) is 67.6 Å². The first-order valence-electron chi connectivity index (χ1n) is 18.5. The Hall–Kier alpha value is -3.27. The van der Waals surface area contributed by atoms with Gasteiger partial charge in [-0.3, -0.25) is 4.90 Å². The molecule has 2 saturated heterocycles. The molecule has 3 aromatic rings. The second-order valence-electron chi connectivity index (χ2n) is 15.9. The van der Waals surface area contributed by atoms with Crippen LogP contribution in [0.15, 0.2) is 72.8 Å². The van der Waals surface area contributed by atoms with E-state index in [1.54, 1.807) is 0 Å². The quantitative estimate of drug-likeness (QED) is 0.209. The highest BCUT2D eigenvalue weighted by atomic mass is 16.7. The van der Waals surface area contributed by atoms with E-state index in [2.05, 4.69) is 71.0 Å². The largest absolute Gasteiger partial charge is 0.392 e. The van der Waals surface area contributed by atoms with Crippen LogP contribution in [-0.2, 0) is 22.6 Å². The maximum Gasteiger partial charge on any atom is 0.315 e. The van der Waals surface area contributed by atoms with Crippen molar-refractivity contribution in [2.75, 3.05) is 19.6 Å². The van der Waals surface area contributed by atoms with E-state index >= 15 is 0 Å². The maximum absolute atomic E-state index is 13.1. The van der Waals surface area contributed by atoms with E-state index in [-0.39, 0.29) is 42.4 Å². The fraction of sp³-hybridized carbons (Fsp3) is 0.537. The summed E-state index contributed by atoms with van der Waals surface area (Å²) in [6, 6.07) is 24.7. The van der Waals surface area contributed by atoms with Crippen molar-refractivity contribution < 1.29 is 24.5 Å². The third kappa shape index (κ3) is 7.17. The van der Waals surface area contributed by atoms with Crippen LogP contribution in [0.25, 0.3) is 11.1 Å². The molecule has 4 bridgehead atoms. The molecule has 9 rings (SSSR count). The third-order valence-electron chi connectivity index (χ3n) is 12.1. The van der Waals surface area contributed by atoms with Crippen molar-refractivity contribution in [2.45, 2.75) is 95.2 Å². The summed E-state index contributed by atoms with van der Waals surface area (Å²) in [6.45, 7) is 4.92. The van der Waals surface area contributed by atoms with Crippen molar-refractivity contribution in [3.63, 3.8) is 0 Å². The average molecular weight is 666 g/mol. The van der Waals surface area contributed by atoms with Gasteiger partial charge < -0.3 is 30.3 Å². The third-order valence-corrected chi connectivity index (χ3v) is 12.1. The second kappa shape index (κ2) is 13.8. The molecule has 3 aromatic carbocycles. The number of nitrogens with one attached hydrogen (secondary N) is 2. The summed E-state index contributed by atoms with van der Waals surface area (Å²) in [7, 11) is 0. The topological polar surface area (TPSA) is 103 Å². The minimum atomic E-state index is -0.561. The molecule has 8 heteroatoms. The molecule has 4 saturated carbocycles. The van der Waals surface area contributed by atoms with E-state index in [1.807, 2.05) is 24.3 Å². The van der Waals surface area contributed by atoms with E-state index in [1.165, 1.54) is 19.3 Å². The first-order chi connectivity index (χ1) is 23.8. The number of aliphatic hydroxyl groups is 2. The fourth-order valence-electron chi connectivity index (χ4n) is 10.0. The number of rotatable bonds is 9. The van der Waals surface area contributed by atoms with Gasteiger partial charge in [0, 0.05) is 43.2 Å². The van der Waals surface area contributed by atoms with E-state index < -0.39 is 6.29 Å². The van der Waals surface area contributed by atoms with Crippen LogP contribution >= 0.6 is 0 Å². The zero-order valence-corrected chi connectivity index (χ0v) is 28.6. The van der Waals surface area contributed by atoms with Gasteiger partial charge >= 0.3 is 6.03 Å². The standard InChI is InChI=1S/C41H51N3O5/c1-26-37(24-44-13-12-36(46)23-44)48-39(49-38(26)32-10-8-27(25-45)9-11-32)35-7-3-6-34(18-35)33-5-2-4-28(17-33)22-42-40(47)43-41-19-29-14-30(20-41)16-31(15-29)21-41/h2-11,17-18,26,29-31,36-39,45-46H,12-16,19-25H2,1H3,(H2,42,43,47)/t26-,29?,30?,31?,36-,37+,38+,39+,41?/m0/s1. The predicted molar refractivity (Wildman–Crippen MR) is 188 cm³/mol. The Morgan fingerprint density at radius 3 is 2.24 bits per heavy atom. The second-order valence-corrected chi connectivity index (χ2v) is 15.9. The minimum absolute atomic E-state index is 0.00119. The van der Waals surface area contributed by atoms with E-state index in [4.69, 9.17) is 9.47 Å². The number of urea groups is 1. The summed E-state index contributed by atoms with van der Waals surface area (Å²) in [6.07, 6.45) is 7.17. The summed E-state index contributed by atoms with van der Waals surface area (Å²) in [5.74, 6) is 2.46. The molecule has 0 spiro atoms. The highest BCUT2D eigenvalue weighted by molar-refractivity contribution is 5.75. The highest BCUT2D eigenvalue weighted by Gasteiger charge is 2.51. The van der Waals surface area contributed by atoms with Crippen molar-refractivity contribution in [1.29, 1.82) is 0 Å². The number of amides is 2. The van der Waals surface area contributed by atoms with Crippen LogP contribution in [0.3, 0.4) is 0 Å². The van der Waals surface area contributed by atoms with Gasteiger partial charge in [0.1, 0.15) is 0 Å². The van der Waals surface area contributed by atoms with Crippen LogP contribution in [0, 0.1) is 23.7 Å². The van der Waals surface area contributed by atoms with Crippen molar-refractivity contribution >= 4 is 6.03 Å². The van der Waals surface area contributed by atoms with Gasteiger partial charge in [-0.05, 0) is 103 Å². The number of benzene rings is 3. The molecule has 6 fully saturated rings. The van der Waals surface area contributed by atoms with Crippen molar-refractivity contribution in [3.8, 4) is 11.1 Å². The van der Waals surface area contributed by atoms with Gasteiger partial charge in [0.2, 0.25) is 0 Å². The Balaban J connectivity index is 0.964. The summed E-state index contributed by atoms with van der Waals surface area (Å²) in [5, 5.41) is 26.4. The van der Waals surface area contributed by atoms with Gasteiger partial charge in [0.15, 0.2) is 6.29 Å². The molecule has 8 nitrogen and oxygen atoms in total. The van der Waals surface area contributed by atoms with Crippen molar-refractivity contribution in [3.05, 3.63) is 95.1 Å². The molecule has 2 heterocycles. The van der Waals surface area contributed by atoms with Crippen LogP contribution in [0.1, 0.15) is 86.5 Å². The molecule has 2 amide bonds. The summed E-state index contributed by atoms with van der Waals surface area (Å²) >= 11 is 0. The number of nitrogens with zero attached hydrogens (tertiary/aromatic N) is 1. The number of likely N-dealkylation sites (tertiary alicyclic amines) is 1. The number of hydrogen-bond acceptors (Lipinski definition) is 6. The predicted octanol–water partition coefficient (Wildman–Crippen LogP) is 6.47. The van der Waals surface area contributed by atoms with E-state index in [0.717, 1.165) is 89.9 Å². The van der Waals surface area contributed by atoms with E-state index in [0.29, 0.717) is 13.1 Å². The Labute approximate surface area is 290 Å². The Morgan fingerprint density at radius 1 is 0.878 bits per heavy atom.